The van der Waals surface area contributed by atoms with Gasteiger partial charge >= 0.3 is 5.82 Å². The molecule has 0 fully saturated rings. The van der Waals surface area contributed by atoms with Crippen molar-refractivity contribution in [2.45, 2.75) is 19.5 Å². The highest BCUT2D eigenvalue weighted by atomic mass is 16.6. The zero-order chi connectivity index (χ0) is 12.1. The Morgan fingerprint density at radius 2 is 2.50 bits per heavy atom. The second-order valence-corrected chi connectivity index (χ2v) is 3.28. The summed E-state index contributed by atoms with van der Waals surface area (Å²) in [5, 5.41) is 25.1. The van der Waals surface area contributed by atoms with Crippen LogP contribution in [0.4, 0.5) is 5.82 Å². The van der Waals surface area contributed by atoms with E-state index in [0.29, 0.717) is 0 Å². The Labute approximate surface area is 91.0 Å². The Bertz CT molecular complexity index is 389. The molecule has 88 valence electrons. The molecule has 2 N–H and O–H groups in total. The summed E-state index contributed by atoms with van der Waals surface area (Å²) >= 11 is 0. The highest BCUT2D eigenvalue weighted by molar-refractivity contribution is 5.75. The molecular formula is C8H12N4O4. The highest BCUT2D eigenvalue weighted by Gasteiger charge is 2.14. The van der Waals surface area contributed by atoms with Crippen LogP contribution >= 0.6 is 0 Å². The van der Waals surface area contributed by atoms with Crippen molar-refractivity contribution < 1.29 is 14.8 Å². The van der Waals surface area contributed by atoms with Crippen LogP contribution in [0.5, 0.6) is 0 Å². The Morgan fingerprint density at radius 3 is 3.00 bits per heavy atom. The summed E-state index contributed by atoms with van der Waals surface area (Å²) in [6, 6.07) is 0.862. The maximum atomic E-state index is 11.3. The van der Waals surface area contributed by atoms with Gasteiger partial charge in [-0.2, -0.15) is 4.68 Å². The van der Waals surface area contributed by atoms with Gasteiger partial charge < -0.3 is 20.5 Å². The van der Waals surface area contributed by atoms with Crippen LogP contribution in [0.1, 0.15) is 6.92 Å². The highest BCUT2D eigenvalue weighted by Crippen LogP contribution is 2.04. The number of amides is 1. The van der Waals surface area contributed by atoms with Crippen molar-refractivity contribution in [2.75, 3.05) is 6.61 Å². The van der Waals surface area contributed by atoms with Gasteiger partial charge in [-0.25, -0.2) is 0 Å². The van der Waals surface area contributed by atoms with Gasteiger partial charge in [0.1, 0.15) is 6.54 Å². The van der Waals surface area contributed by atoms with Gasteiger partial charge in [-0.05, 0) is 11.8 Å². The first-order valence-corrected chi connectivity index (χ1v) is 4.61. The molecule has 0 saturated carbocycles. The minimum atomic E-state index is -0.634. The lowest BCUT2D eigenvalue weighted by atomic mass is 10.3. The standard InChI is InChI=1S/C8H12N4O4/c1-6(5-13)9-8(14)4-11-3-2-7(10-11)12(15)16/h2-3,6,13H,4-5H2,1H3,(H,9,14)/t6-/m0/s1. The second kappa shape index (κ2) is 5.21. The molecule has 0 aromatic carbocycles. The number of carbonyl (C=O) groups excluding carboxylic acids is 1. The maximum absolute atomic E-state index is 11.3. The van der Waals surface area contributed by atoms with E-state index in [0.717, 1.165) is 4.68 Å². The summed E-state index contributed by atoms with van der Waals surface area (Å²) in [6.07, 6.45) is 1.35. The Kier molecular flexibility index (Phi) is 3.95. The van der Waals surface area contributed by atoms with Gasteiger partial charge in [0.15, 0.2) is 0 Å². The smallest absolute Gasteiger partial charge is 0.389 e. The molecule has 1 aromatic heterocycles. The van der Waals surface area contributed by atoms with Crippen LogP contribution in [0.3, 0.4) is 0 Å². The summed E-state index contributed by atoms with van der Waals surface area (Å²) in [5.41, 5.74) is 0. The molecule has 1 aromatic rings. The zero-order valence-electron chi connectivity index (χ0n) is 8.66. The molecule has 1 heterocycles. The fourth-order valence-corrected chi connectivity index (χ4v) is 1.05. The van der Waals surface area contributed by atoms with Gasteiger partial charge in [0.25, 0.3) is 0 Å². The van der Waals surface area contributed by atoms with Gasteiger partial charge in [-0.1, -0.05) is 0 Å². The molecule has 1 amide bonds. The first-order valence-electron chi connectivity index (χ1n) is 4.61. The normalized spacial score (nSPS) is 12.1. The van der Waals surface area contributed by atoms with Crippen LogP contribution in [0.15, 0.2) is 12.3 Å². The zero-order valence-corrected chi connectivity index (χ0v) is 8.66. The average molecular weight is 228 g/mol. The van der Waals surface area contributed by atoms with E-state index in [1.807, 2.05) is 0 Å². The molecule has 0 radical (unpaired) electrons. The minimum absolute atomic E-state index is 0.113. The lowest BCUT2D eigenvalue weighted by Crippen LogP contribution is -2.37. The van der Waals surface area contributed by atoms with Crippen molar-refractivity contribution in [3.63, 3.8) is 0 Å². The van der Waals surface area contributed by atoms with Crippen LogP contribution < -0.4 is 5.32 Å². The molecule has 1 rings (SSSR count). The molecule has 0 aliphatic rings. The summed E-state index contributed by atoms with van der Waals surface area (Å²) in [7, 11) is 0. The fourth-order valence-electron chi connectivity index (χ4n) is 1.05. The van der Waals surface area contributed by atoms with Gasteiger partial charge in [0.05, 0.1) is 24.0 Å². The number of aromatic nitrogens is 2. The number of rotatable bonds is 5. The molecule has 8 heteroatoms. The SMILES string of the molecule is C[C@@H](CO)NC(=O)Cn1ccc([N+](=O)[O-])n1. The molecule has 1 atom stereocenters. The third-order valence-corrected chi connectivity index (χ3v) is 1.80. The first-order chi connectivity index (χ1) is 7.52. The molecule has 8 nitrogen and oxygen atoms in total. The van der Waals surface area contributed by atoms with Crippen molar-refractivity contribution >= 4 is 11.7 Å². The van der Waals surface area contributed by atoms with E-state index in [2.05, 4.69) is 10.4 Å². The largest absolute Gasteiger partial charge is 0.394 e. The molecule has 16 heavy (non-hydrogen) atoms. The number of hydrogen-bond acceptors (Lipinski definition) is 5. The first kappa shape index (κ1) is 12.1. The predicted molar refractivity (Wildman–Crippen MR) is 53.6 cm³/mol. The number of carbonyl (C=O) groups is 1. The number of aliphatic hydroxyl groups excluding tert-OH is 1. The summed E-state index contributed by atoms with van der Waals surface area (Å²) < 4.78 is 1.16. The number of nitro groups is 1. The quantitative estimate of drug-likeness (QED) is 0.510. The number of nitrogens with zero attached hydrogens (tertiary/aromatic N) is 3. The number of hydrogen-bond donors (Lipinski definition) is 2. The predicted octanol–water partition coefficient (Wildman–Crippen LogP) is -0.712. The van der Waals surface area contributed by atoms with E-state index in [1.165, 1.54) is 12.3 Å². The Morgan fingerprint density at radius 1 is 1.81 bits per heavy atom. The van der Waals surface area contributed by atoms with Crippen molar-refractivity contribution in [1.82, 2.24) is 15.1 Å². The lowest BCUT2D eigenvalue weighted by molar-refractivity contribution is -0.389. The molecule has 0 aliphatic carbocycles. The van der Waals surface area contributed by atoms with Crippen molar-refractivity contribution in [3.05, 3.63) is 22.4 Å². The molecule has 0 unspecified atom stereocenters. The number of nitrogens with one attached hydrogen (secondary N) is 1. The molecule has 0 saturated heterocycles. The van der Waals surface area contributed by atoms with Crippen LogP contribution in [0.2, 0.25) is 0 Å². The second-order valence-electron chi connectivity index (χ2n) is 3.28. The van der Waals surface area contributed by atoms with Crippen LogP contribution in [0, 0.1) is 10.1 Å². The van der Waals surface area contributed by atoms with E-state index in [4.69, 9.17) is 5.11 Å². The Hall–Kier alpha value is -1.96. The van der Waals surface area contributed by atoms with E-state index >= 15 is 0 Å². The fraction of sp³-hybridized carbons (Fsp3) is 0.500. The van der Waals surface area contributed by atoms with E-state index in [1.54, 1.807) is 6.92 Å². The molecule has 0 spiro atoms. The lowest BCUT2D eigenvalue weighted by Gasteiger charge is -2.09. The van der Waals surface area contributed by atoms with Crippen LogP contribution in [0.25, 0.3) is 0 Å². The number of aliphatic hydroxyl groups is 1. The minimum Gasteiger partial charge on any atom is -0.394 e. The van der Waals surface area contributed by atoms with E-state index in [9.17, 15) is 14.9 Å². The Balaban J connectivity index is 2.53. The van der Waals surface area contributed by atoms with Crippen LogP contribution in [-0.4, -0.2) is 38.4 Å². The maximum Gasteiger partial charge on any atom is 0.389 e. The van der Waals surface area contributed by atoms with E-state index in [-0.39, 0.29) is 30.9 Å². The van der Waals surface area contributed by atoms with Crippen molar-refractivity contribution in [3.8, 4) is 0 Å². The summed E-state index contributed by atoms with van der Waals surface area (Å²) in [6.45, 7) is 1.37. The van der Waals surface area contributed by atoms with Gasteiger partial charge in [-0.15, -0.1) is 0 Å². The monoisotopic (exact) mass is 228 g/mol. The summed E-state index contributed by atoms with van der Waals surface area (Å²) in [5.74, 6) is -0.664. The molecular weight excluding hydrogens is 216 g/mol. The molecule has 0 bridgehead atoms. The topological polar surface area (TPSA) is 110 Å². The van der Waals surface area contributed by atoms with Crippen molar-refractivity contribution in [2.24, 2.45) is 0 Å². The van der Waals surface area contributed by atoms with Gasteiger partial charge in [-0.3, -0.25) is 4.79 Å². The third kappa shape index (κ3) is 3.31. The van der Waals surface area contributed by atoms with Crippen LogP contribution in [-0.2, 0) is 11.3 Å². The van der Waals surface area contributed by atoms with Gasteiger partial charge in [0, 0.05) is 6.04 Å². The molecule has 0 aliphatic heterocycles. The average Bonchev–Trinajstić information content (AvgIpc) is 2.65. The summed E-state index contributed by atoms with van der Waals surface area (Å²) in [4.78, 5) is 21.0. The van der Waals surface area contributed by atoms with Crippen molar-refractivity contribution in [1.29, 1.82) is 0 Å². The van der Waals surface area contributed by atoms with E-state index < -0.39 is 4.92 Å². The van der Waals surface area contributed by atoms with Gasteiger partial charge in [0.2, 0.25) is 5.91 Å². The third-order valence-electron chi connectivity index (χ3n) is 1.80.